The fraction of sp³-hybridized carbons (Fsp3) is 0.231. The number of carbonyl (C=O) groups is 3. The van der Waals surface area contributed by atoms with Crippen molar-refractivity contribution in [2.24, 2.45) is 0 Å². The van der Waals surface area contributed by atoms with Crippen LogP contribution in [-0.4, -0.2) is 41.5 Å². The molecule has 37 heavy (non-hydrogen) atoms. The van der Waals surface area contributed by atoms with Gasteiger partial charge in [0.25, 0.3) is 5.78 Å². The number of aryl methyl sites for hydroxylation is 2. The molecule has 0 radical (unpaired) electrons. The average Bonchev–Trinajstić information content (AvgIpc) is 3.37. The van der Waals surface area contributed by atoms with Gasteiger partial charge in [0.1, 0.15) is 16.4 Å². The monoisotopic (exact) mass is 560 g/mol. The lowest BCUT2D eigenvalue weighted by molar-refractivity contribution is -0.132. The molecule has 1 N–H and O–H groups in total. The van der Waals surface area contributed by atoms with Gasteiger partial charge in [0.05, 0.1) is 41.1 Å². The summed E-state index contributed by atoms with van der Waals surface area (Å²) in [5.74, 6) is -2.20. The number of ether oxygens (including phenoxy) is 2. The summed E-state index contributed by atoms with van der Waals surface area (Å²) in [6, 6.07) is 8.53. The molecule has 1 aromatic heterocycles. The zero-order valence-corrected chi connectivity index (χ0v) is 22.6. The van der Waals surface area contributed by atoms with Gasteiger partial charge in [0.15, 0.2) is 5.13 Å². The summed E-state index contributed by atoms with van der Waals surface area (Å²) in [6.45, 7) is 5.20. The van der Waals surface area contributed by atoms with Crippen LogP contribution in [-0.2, 0) is 14.3 Å². The van der Waals surface area contributed by atoms with Crippen LogP contribution < -0.4 is 9.64 Å². The number of Topliss-reactive ketones (excluding diaryl/α,β-unsaturated/α-hetero) is 1. The van der Waals surface area contributed by atoms with E-state index in [9.17, 15) is 19.5 Å². The summed E-state index contributed by atoms with van der Waals surface area (Å²) in [6.07, 6.45) is 0. The molecule has 1 atom stereocenters. The molecule has 1 fully saturated rings. The number of thiazole rings is 1. The highest BCUT2D eigenvalue weighted by molar-refractivity contribution is 7.17. The topological polar surface area (TPSA) is 106 Å². The molecule has 1 amide bonds. The van der Waals surface area contributed by atoms with E-state index in [-0.39, 0.29) is 38.0 Å². The Kier molecular flexibility index (Phi) is 7.59. The number of benzene rings is 2. The van der Waals surface area contributed by atoms with Gasteiger partial charge in [-0.05, 0) is 62.2 Å². The number of rotatable bonds is 6. The van der Waals surface area contributed by atoms with Crippen LogP contribution in [0.15, 0.2) is 42.0 Å². The SMILES string of the molecule is CCOC(=O)c1sc(N2C(=O)C(=O)C(=C(O)c3ccc(OC)cc3C)[C@@H]2c2ccc(Cl)c(Cl)c2)nc1C. The van der Waals surface area contributed by atoms with Crippen LogP contribution in [0.2, 0.25) is 10.0 Å². The molecule has 2 heterocycles. The number of halogens is 2. The molecule has 0 aliphatic carbocycles. The maximum Gasteiger partial charge on any atom is 0.350 e. The highest BCUT2D eigenvalue weighted by Gasteiger charge is 2.48. The number of aliphatic hydroxyl groups is 1. The number of hydrogen-bond donors (Lipinski definition) is 1. The van der Waals surface area contributed by atoms with Crippen molar-refractivity contribution in [3.63, 3.8) is 0 Å². The van der Waals surface area contributed by atoms with Gasteiger partial charge in [0.2, 0.25) is 0 Å². The van der Waals surface area contributed by atoms with E-state index in [1.165, 1.54) is 19.2 Å². The Morgan fingerprint density at radius 2 is 1.86 bits per heavy atom. The molecule has 0 spiro atoms. The molecule has 4 rings (SSSR count). The zero-order chi connectivity index (χ0) is 27.0. The van der Waals surface area contributed by atoms with Crippen LogP contribution in [0.1, 0.15) is 45.0 Å². The molecule has 11 heteroatoms. The Morgan fingerprint density at radius 1 is 1.14 bits per heavy atom. The number of amides is 1. The quantitative estimate of drug-likeness (QED) is 0.173. The van der Waals surface area contributed by atoms with Crippen molar-refractivity contribution in [1.29, 1.82) is 0 Å². The van der Waals surface area contributed by atoms with Crippen molar-refractivity contribution in [3.05, 3.63) is 79.3 Å². The minimum absolute atomic E-state index is 0.101. The minimum atomic E-state index is -1.09. The summed E-state index contributed by atoms with van der Waals surface area (Å²) >= 11 is 13.3. The van der Waals surface area contributed by atoms with Crippen LogP contribution >= 0.6 is 34.5 Å². The third-order valence-electron chi connectivity index (χ3n) is 5.84. The van der Waals surface area contributed by atoms with Gasteiger partial charge < -0.3 is 14.6 Å². The van der Waals surface area contributed by atoms with Crippen molar-refractivity contribution >= 4 is 63.1 Å². The highest BCUT2D eigenvalue weighted by Crippen LogP contribution is 2.45. The van der Waals surface area contributed by atoms with Gasteiger partial charge >= 0.3 is 11.9 Å². The van der Waals surface area contributed by atoms with Crippen LogP contribution in [0.4, 0.5) is 5.13 Å². The van der Waals surface area contributed by atoms with E-state index in [0.717, 1.165) is 16.2 Å². The Morgan fingerprint density at radius 3 is 2.49 bits per heavy atom. The number of ketones is 1. The lowest BCUT2D eigenvalue weighted by Crippen LogP contribution is -2.29. The van der Waals surface area contributed by atoms with E-state index in [1.807, 2.05) is 0 Å². The number of anilines is 1. The summed E-state index contributed by atoms with van der Waals surface area (Å²) in [5.41, 5.74) is 1.60. The van der Waals surface area contributed by atoms with Gasteiger partial charge in [-0.3, -0.25) is 14.5 Å². The molecule has 2 aromatic carbocycles. The first kappa shape index (κ1) is 26.7. The number of aliphatic hydroxyl groups excluding tert-OH is 1. The lowest BCUT2D eigenvalue weighted by Gasteiger charge is -2.23. The number of aromatic nitrogens is 1. The van der Waals surface area contributed by atoms with E-state index in [0.29, 0.717) is 28.1 Å². The molecule has 0 saturated carbocycles. The van der Waals surface area contributed by atoms with Gasteiger partial charge in [-0.2, -0.15) is 0 Å². The van der Waals surface area contributed by atoms with E-state index >= 15 is 0 Å². The van der Waals surface area contributed by atoms with Crippen molar-refractivity contribution in [2.45, 2.75) is 26.8 Å². The van der Waals surface area contributed by atoms with Crippen LogP contribution in [0.3, 0.4) is 0 Å². The van der Waals surface area contributed by atoms with Crippen LogP contribution in [0.25, 0.3) is 5.76 Å². The molecule has 0 bridgehead atoms. The first-order valence-corrected chi connectivity index (χ1v) is 12.7. The highest BCUT2D eigenvalue weighted by atomic mass is 35.5. The van der Waals surface area contributed by atoms with Gasteiger partial charge in [-0.25, -0.2) is 9.78 Å². The molecular weight excluding hydrogens is 539 g/mol. The molecule has 1 aliphatic heterocycles. The smallest absolute Gasteiger partial charge is 0.350 e. The molecule has 3 aromatic rings. The number of carbonyl (C=O) groups excluding carboxylic acids is 3. The fourth-order valence-electron chi connectivity index (χ4n) is 4.07. The average molecular weight is 561 g/mol. The molecule has 192 valence electrons. The molecule has 0 unspecified atom stereocenters. The maximum atomic E-state index is 13.4. The molecule has 8 nitrogen and oxygen atoms in total. The minimum Gasteiger partial charge on any atom is -0.507 e. The van der Waals surface area contributed by atoms with E-state index < -0.39 is 23.7 Å². The summed E-state index contributed by atoms with van der Waals surface area (Å²) in [5, 5.41) is 12.0. The molecule has 1 saturated heterocycles. The number of hydrogen-bond acceptors (Lipinski definition) is 8. The van der Waals surface area contributed by atoms with E-state index in [4.69, 9.17) is 32.7 Å². The Hall–Kier alpha value is -3.40. The fourth-order valence-corrected chi connectivity index (χ4v) is 5.37. The van der Waals surface area contributed by atoms with Crippen molar-refractivity contribution < 1.29 is 29.0 Å². The van der Waals surface area contributed by atoms with Gasteiger partial charge in [-0.15, -0.1) is 0 Å². The van der Waals surface area contributed by atoms with Crippen LogP contribution in [0, 0.1) is 13.8 Å². The summed E-state index contributed by atoms with van der Waals surface area (Å²) in [7, 11) is 1.52. The third kappa shape index (κ3) is 4.82. The predicted octanol–water partition coefficient (Wildman–Crippen LogP) is 5.88. The number of nitrogens with zero attached hydrogens (tertiary/aromatic N) is 2. The number of esters is 1. The Balaban J connectivity index is 1.95. The molecular formula is C26H22Cl2N2O6S. The van der Waals surface area contributed by atoms with Gasteiger partial charge in [-0.1, -0.05) is 40.6 Å². The standard InChI is InChI=1S/C26H22Cl2N2O6S/c1-5-36-25(34)23-13(3)29-26(37-23)30-20(14-6-9-17(27)18(28)11-14)19(22(32)24(30)33)21(31)16-8-7-15(35-4)10-12(16)2/h6-11,20,31H,5H2,1-4H3/t20-/m0/s1. The van der Waals surface area contributed by atoms with Gasteiger partial charge in [0, 0.05) is 5.56 Å². The van der Waals surface area contributed by atoms with Crippen molar-refractivity contribution in [3.8, 4) is 5.75 Å². The first-order valence-electron chi connectivity index (χ1n) is 11.1. The summed E-state index contributed by atoms with van der Waals surface area (Å²) in [4.78, 5) is 45.0. The molecule has 1 aliphatic rings. The van der Waals surface area contributed by atoms with Crippen LogP contribution in [0.5, 0.6) is 5.75 Å². The normalized spacial score (nSPS) is 16.8. The predicted molar refractivity (Wildman–Crippen MR) is 142 cm³/mol. The first-order chi connectivity index (χ1) is 17.6. The maximum absolute atomic E-state index is 13.4. The second-order valence-corrected chi connectivity index (χ2v) is 9.95. The zero-order valence-electron chi connectivity index (χ0n) is 20.3. The Labute approximate surface area is 227 Å². The van der Waals surface area contributed by atoms with E-state index in [1.54, 1.807) is 45.0 Å². The number of methoxy groups -OCH3 is 1. The van der Waals surface area contributed by atoms with Crippen molar-refractivity contribution in [2.75, 3.05) is 18.6 Å². The second-order valence-electron chi connectivity index (χ2n) is 8.15. The largest absolute Gasteiger partial charge is 0.507 e. The third-order valence-corrected chi connectivity index (χ3v) is 7.72. The van der Waals surface area contributed by atoms with E-state index in [2.05, 4.69) is 4.98 Å². The second kappa shape index (κ2) is 10.5. The summed E-state index contributed by atoms with van der Waals surface area (Å²) < 4.78 is 10.3. The Bertz CT molecular complexity index is 1470. The lowest BCUT2D eigenvalue weighted by atomic mass is 9.94. The van der Waals surface area contributed by atoms with Crippen molar-refractivity contribution in [1.82, 2.24) is 4.98 Å².